The quantitative estimate of drug-likeness (QED) is 0.747. The highest BCUT2D eigenvalue weighted by Crippen LogP contribution is 2.24. The molecule has 2 aromatic heterocycles. The van der Waals surface area contributed by atoms with Gasteiger partial charge in [-0.3, -0.25) is 19.5 Å². The fourth-order valence-electron chi connectivity index (χ4n) is 3.34. The largest absolute Gasteiger partial charge is 0.448 e. The van der Waals surface area contributed by atoms with E-state index in [1.165, 1.54) is 6.33 Å². The van der Waals surface area contributed by atoms with Crippen LogP contribution in [0.4, 0.5) is 4.79 Å². The number of amides is 3. The number of hydrogen-bond acceptors (Lipinski definition) is 5. The van der Waals surface area contributed by atoms with Crippen LogP contribution in [0.2, 0.25) is 0 Å². The van der Waals surface area contributed by atoms with Gasteiger partial charge < -0.3 is 9.73 Å². The Labute approximate surface area is 148 Å². The summed E-state index contributed by atoms with van der Waals surface area (Å²) in [5, 5.41) is 5.76. The molecule has 1 aromatic carbocycles. The average molecular weight is 354 g/mol. The normalized spacial score (nSPS) is 14.8. The molecule has 0 aliphatic heterocycles. The monoisotopic (exact) mass is 354 g/mol. The van der Waals surface area contributed by atoms with E-state index in [4.69, 9.17) is 4.42 Å². The molecule has 1 fully saturated rings. The van der Waals surface area contributed by atoms with Gasteiger partial charge in [0.1, 0.15) is 17.6 Å². The van der Waals surface area contributed by atoms with Gasteiger partial charge in [0, 0.05) is 11.4 Å². The van der Waals surface area contributed by atoms with Crippen LogP contribution in [0.15, 0.2) is 39.8 Å². The number of carbonyl (C=O) groups excluding carboxylic acids is 2. The summed E-state index contributed by atoms with van der Waals surface area (Å²) in [5.41, 5.74) is 0.654. The van der Waals surface area contributed by atoms with Crippen LogP contribution in [0.1, 0.15) is 25.7 Å². The van der Waals surface area contributed by atoms with Gasteiger partial charge in [0.05, 0.1) is 6.33 Å². The van der Waals surface area contributed by atoms with E-state index in [9.17, 15) is 14.4 Å². The highest BCUT2D eigenvalue weighted by molar-refractivity contribution is 6.01. The van der Waals surface area contributed by atoms with E-state index in [1.54, 1.807) is 12.1 Å². The van der Waals surface area contributed by atoms with Gasteiger partial charge in [0.15, 0.2) is 0 Å². The Morgan fingerprint density at radius 2 is 2.00 bits per heavy atom. The second-order valence-electron chi connectivity index (χ2n) is 6.46. The molecule has 0 unspecified atom stereocenters. The summed E-state index contributed by atoms with van der Waals surface area (Å²) in [4.78, 5) is 40.7. The number of rotatable bonds is 3. The van der Waals surface area contributed by atoms with Crippen molar-refractivity contribution < 1.29 is 14.0 Å². The van der Waals surface area contributed by atoms with Gasteiger partial charge in [-0.25, -0.2) is 9.78 Å². The number of para-hydroxylation sites is 1. The molecule has 2 N–H and O–H groups in total. The van der Waals surface area contributed by atoms with Crippen LogP contribution in [-0.4, -0.2) is 27.5 Å². The van der Waals surface area contributed by atoms with E-state index in [0.717, 1.165) is 35.6 Å². The van der Waals surface area contributed by atoms with Crippen molar-refractivity contribution in [3.63, 3.8) is 0 Å². The Bertz CT molecular complexity index is 1050. The first kappa shape index (κ1) is 16.3. The highest BCUT2D eigenvalue weighted by atomic mass is 16.3. The van der Waals surface area contributed by atoms with E-state index in [0.29, 0.717) is 11.1 Å². The van der Waals surface area contributed by atoms with Gasteiger partial charge >= 0.3 is 6.03 Å². The lowest BCUT2D eigenvalue weighted by Gasteiger charge is -2.12. The van der Waals surface area contributed by atoms with E-state index >= 15 is 0 Å². The third-order valence-corrected chi connectivity index (χ3v) is 4.61. The zero-order valence-electron chi connectivity index (χ0n) is 14.0. The maximum Gasteiger partial charge on any atom is 0.321 e. The maximum atomic E-state index is 12.5. The molecular weight excluding hydrogens is 336 g/mol. The van der Waals surface area contributed by atoms with Crippen molar-refractivity contribution in [2.75, 3.05) is 0 Å². The van der Waals surface area contributed by atoms with E-state index in [-0.39, 0.29) is 18.2 Å². The molecule has 4 rings (SSSR count). The molecule has 1 aliphatic rings. The van der Waals surface area contributed by atoms with Gasteiger partial charge in [-0.1, -0.05) is 25.0 Å². The van der Waals surface area contributed by atoms with Crippen molar-refractivity contribution in [3.8, 4) is 0 Å². The number of imide groups is 1. The number of furan rings is 1. The smallest absolute Gasteiger partial charge is 0.321 e. The molecule has 3 aromatic rings. The first-order valence-corrected chi connectivity index (χ1v) is 8.59. The molecule has 2 heterocycles. The molecule has 0 spiro atoms. The molecule has 8 heteroatoms. The topological polar surface area (TPSA) is 106 Å². The first-order chi connectivity index (χ1) is 12.6. The molecule has 26 heavy (non-hydrogen) atoms. The van der Waals surface area contributed by atoms with Crippen LogP contribution in [0.5, 0.6) is 0 Å². The minimum Gasteiger partial charge on any atom is -0.448 e. The average Bonchev–Trinajstić information content (AvgIpc) is 3.25. The van der Waals surface area contributed by atoms with Crippen molar-refractivity contribution in [1.29, 1.82) is 0 Å². The Morgan fingerprint density at radius 3 is 2.81 bits per heavy atom. The van der Waals surface area contributed by atoms with Crippen molar-refractivity contribution in [2.24, 2.45) is 0 Å². The van der Waals surface area contributed by atoms with E-state index < -0.39 is 17.5 Å². The minimum atomic E-state index is -0.583. The van der Waals surface area contributed by atoms with E-state index in [1.807, 2.05) is 12.1 Å². The van der Waals surface area contributed by atoms with Gasteiger partial charge in [-0.15, -0.1) is 0 Å². The highest BCUT2D eigenvalue weighted by Gasteiger charge is 2.19. The van der Waals surface area contributed by atoms with Crippen molar-refractivity contribution >= 4 is 34.0 Å². The van der Waals surface area contributed by atoms with Crippen LogP contribution in [0.25, 0.3) is 22.1 Å². The number of hydrogen-bond donors (Lipinski definition) is 2. The second-order valence-corrected chi connectivity index (χ2v) is 6.46. The molecule has 0 atom stereocenters. The van der Waals surface area contributed by atoms with Crippen LogP contribution >= 0.6 is 0 Å². The van der Waals surface area contributed by atoms with Crippen LogP contribution in [-0.2, 0) is 11.3 Å². The van der Waals surface area contributed by atoms with Crippen LogP contribution < -0.4 is 16.2 Å². The number of benzene rings is 1. The Morgan fingerprint density at radius 1 is 1.23 bits per heavy atom. The predicted molar refractivity (Wildman–Crippen MR) is 94.7 cm³/mol. The lowest BCUT2D eigenvalue weighted by molar-refractivity contribution is -0.120. The summed E-state index contributed by atoms with van der Waals surface area (Å²) in [6, 6.07) is 6.78. The Kier molecular flexibility index (Phi) is 4.16. The fraction of sp³-hybridized carbons (Fsp3) is 0.333. The summed E-state index contributed by atoms with van der Waals surface area (Å²) >= 11 is 0. The second kappa shape index (κ2) is 6.62. The standard InChI is InChI=1S/C18H18N4O4/c23-14(21-18(25)20-11-5-1-2-6-11)9-22-10-19-15-12-7-3-4-8-13(12)26-16(15)17(22)24/h3-4,7-8,10-11H,1-2,5-6,9H2,(H2,20,21,23,25). The molecule has 1 saturated carbocycles. The fourth-order valence-corrected chi connectivity index (χ4v) is 3.34. The molecule has 0 radical (unpaired) electrons. The predicted octanol–water partition coefficient (Wildman–Crippen LogP) is 1.91. The lowest BCUT2D eigenvalue weighted by Crippen LogP contribution is -2.45. The minimum absolute atomic E-state index is 0.0944. The molecule has 8 nitrogen and oxygen atoms in total. The summed E-state index contributed by atoms with van der Waals surface area (Å²) in [6.07, 6.45) is 5.30. The number of nitrogens with one attached hydrogen (secondary N) is 2. The van der Waals surface area contributed by atoms with Crippen molar-refractivity contribution in [2.45, 2.75) is 38.3 Å². The Hall–Kier alpha value is -3.16. The molecule has 0 bridgehead atoms. The lowest BCUT2D eigenvalue weighted by atomic mass is 10.2. The summed E-state index contributed by atoms with van der Waals surface area (Å²) < 4.78 is 6.70. The number of carbonyl (C=O) groups is 2. The van der Waals surface area contributed by atoms with Gasteiger partial charge in [-0.2, -0.15) is 0 Å². The van der Waals surface area contributed by atoms with Gasteiger partial charge in [0.25, 0.3) is 5.56 Å². The van der Waals surface area contributed by atoms with E-state index in [2.05, 4.69) is 15.6 Å². The van der Waals surface area contributed by atoms with Crippen molar-refractivity contribution in [1.82, 2.24) is 20.2 Å². The number of nitrogens with zero attached hydrogens (tertiary/aromatic N) is 2. The zero-order valence-corrected chi connectivity index (χ0v) is 14.0. The zero-order chi connectivity index (χ0) is 18.1. The molecule has 3 amide bonds. The van der Waals surface area contributed by atoms with Gasteiger partial charge in [0.2, 0.25) is 11.5 Å². The maximum absolute atomic E-state index is 12.5. The van der Waals surface area contributed by atoms with Crippen molar-refractivity contribution in [3.05, 3.63) is 40.9 Å². The summed E-state index contributed by atoms with van der Waals surface area (Å²) in [6.45, 7) is -0.309. The number of aromatic nitrogens is 2. The molecule has 134 valence electrons. The Balaban J connectivity index is 1.50. The third-order valence-electron chi connectivity index (χ3n) is 4.61. The van der Waals surface area contributed by atoms with Crippen LogP contribution in [0.3, 0.4) is 0 Å². The third kappa shape index (κ3) is 3.05. The number of fused-ring (bicyclic) bond motifs is 3. The first-order valence-electron chi connectivity index (χ1n) is 8.59. The molecular formula is C18H18N4O4. The number of urea groups is 1. The summed E-state index contributed by atoms with van der Waals surface area (Å²) in [7, 11) is 0. The summed E-state index contributed by atoms with van der Waals surface area (Å²) in [5.74, 6) is -0.583. The van der Waals surface area contributed by atoms with Crippen LogP contribution in [0, 0.1) is 0 Å². The molecule has 0 saturated heterocycles. The van der Waals surface area contributed by atoms with Gasteiger partial charge in [-0.05, 0) is 25.0 Å². The molecule has 1 aliphatic carbocycles. The SMILES string of the molecule is O=C(Cn1cnc2c(oc3ccccc32)c1=O)NC(=O)NC1CCCC1.